The molecule has 0 aromatic rings. The maximum absolute atomic E-state index is 11.1. The number of nitrogens with one attached hydrogen (secondary N) is 1. The van der Waals surface area contributed by atoms with Gasteiger partial charge in [-0.25, -0.2) is 0 Å². The number of amides is 1. The van der Waals surface area contributed by atoms with Gasteiger partial charge in [0.15, 0.2) is 0 Å². The minimum absolute atomic E-state index is 0.206. The van der Waals surface area contributed by atoms with E-state index in [-0.39, 0.29) is 5.91 Å². The number of nitrogens with zero attached hydrogens (tertiary/aromatic N) is 1. The van der Waals surface area contributed by atoms with E-state index in [0.29, 0.717) is 12.1 Å². The average molecular weight is 212 g/mol. The molecule has 1 atom stereocenters. The van der Waals surface area contributed by atoms with Gasteiger partial charge in [-0.1, -0.05) is 0 Å². The topological polar surface area (TPSA) is 41.6 Å². The number of hydrogen-bond donors (Lipinski definition) is 1. The van der Waals surface area contributed by atoms with Crippen LogP contribution < -0.4 is 5.32 Å². The summed E-state index contributed by atoms with van der Waals surface area (Å²) in [6.07, 6.45) is 3.29. The van der Waals surface area contributed by atoms with Crippen LogP contribution in [-0.4, -0.2) is 49.2 Å². The van der Waals surface area contributed by atoms with Gasteiger partial charge in [-0.15, -0.1) is 0 Å². The molecule has 1 amide bonds. The predicted octanol–water partition coefficient (Wildman–Crippen LogP) is 0.376. The van der Waals surface area contributed by atoms with Crippen LogP contribution in [-0.2, 0) is 9.53 Å². The van der Waals surface area contributed by atoms with Gasteiger partial charge < -0.3 is 15.0 Å². The van der Waals surface area contributed by atoms with Crippen molar-refractivity contribution in [2.45, 2.75) is 38.3 Å². The Hall–Kier alpha value is -0.610. The molecule has 4 nitrogen and oxygen atoms in total. The second-order valence-corrected chi connectivity index (χ2v) is 4.51. The summed E-state index contributed by atoms with van der Waals surface area (Å²) in [5.74, 6) is 0.206. The molecule has 0 aliphatic carbocycles. The van der Waals surface area contributed by atoms with Crippen LogP contribution in [0.2, 0.25) is 0 Å². The first-order valence-corrected chi connectivity index (χ1v) is 5.85. The van der Waals surface area contributed by atoms with Crippen LogP contribution in [0.1, 0.15) is 26.2 Å². The minimum Gasteiger partial charge on any atom is -0.380 e. The Morgan fingerprint density at radius 2 is 2.00 bits per heavy atom. The van der Waals surface area contributed by atoms with Gasteiger partial charge in [0, 0.05) is 38.7 Å². The Kier molecular flexibility index (Phi) is 3.59. The molecule has 2 heterocycles. The summed E-state index contributed by atoms with van der Waals surface area (Å²) in [7, 11) is 0. The number of hydrogen-bond acceptors (Lipinski definition) is 3. The zero-order chi connectivity index (χ0) is 10.7. The lowest BCUT2D eigenvalue weighted by atomic mass is 10.0. The molecular weight excluding hydrogens is 192 g/mol. The number of carbonyl (C=O) groups is 1. The summed E-state index contributed by atoms with van der Waals surface area (Å²) >= 11 is 0. The molecule has 0 radical (unpaired) electrons. The number of ether oxygens (including phenoxy) is 1. The number of rotatable bonds is 2. The Bertz CT molecular complexity index is 219. The van der Waals surface area contributed by atoms with Crippen molar-refractivity contribution in [1.29, 1.82) is 0 Å². The summed E-state index contributed by atoms with van der Waals surface area (Å²) in [6, 6.07) is 1.12. The van der Waals surface area contributed by atoms with Gasteiger partial charge in [0.1, 0.15) is 0 Å². The predicted molar refractivity (Wildman–Crippen MR) is 57.6 cm³/mol. The Labute approximate surface area is 91.0 Å². The Morgan fingerprint density at radius 3 is 2.53 bits per heavy atom. The van der Waals surface area contributed by atoms with E-state index < -0.39 is 0 Å². The van der Waals surface area contributed by atoms with E-state index in [1.54, 1.807) is 6.92 Å². The van der Waals surface area contributed by atoms with E-state index >= 15 is 0 Å². The van der Waals surface area contributed by atoms with Crippen molar-refractivity contribution in [2.24, 2.45) is 0 Å². The summed E-state index contributed by atoms with van der Waals surface area (Å²) in [5, 5.41) is 3.61. The standard InChI is InChI=1S/C11H20N2O2/c1-9(14)13-5-2-10(3-6-13)12-11-4-7-15-8-11/h10-12H,2-8H2,1H3. The first-order chi connectivity index (χ1) is 7.25. The molecule has 0 bridgehead atoms. The van der Waals surface area contributed by atoms with Crippen LogP contribution in [0.15, 0.2) is 0 Å². The molecule has 2 aliphatic rings. The minimum atomic E-state index is 0.206. The quantitative estimate of drug-likeness (QED) is 0.719. The lowest BCUT2D eigenvalue weighted by Crippen LogP contribution is -2.47. The lowest BCUT2D eigenvalue weighted by Gasteiger charge is -2.33. The third-order valence-corrected chi connectivity index (χ3v) is 3.34. The van der Waals surface area contributed by atoms with E-state index in [4.69, 9.17) is 4.74 Å². The molecule has 2 saturated heterocycles. The van der Waals surface area contributed by atoms with Gasteiger partial charge >= 0.3 is 0 Å². The van der Waals surface area contributed by atoms with Crippen LogP contribution in [0.4, 0.5) is 0 Å². The second kappa shape index (κ2) is 4.94. The van der Waals surface area contributed by atoms with Gasteiger partial charge in [0.05, 0.1) is 6.61 Å². The van der Waals surface area contributed by atoms with Gasteiger partial charge in [0.25, 0.3) is 0 Å². The van der Waals surface area contributed by atoms with Gasteiger partial charge in [0.2, 0.25) is 5.91 Å². The smallest absolute Gasteiger partial charge is 0.219 e. The highest BCUT2D eigenvalue weighted by Gasteiger charge is 2.24. The third-order valence-electron chi connectivity index (χ3n) is 3.34. The monoisotopic (exact) mass is 212 g/mol. The highest BCUT2D eigenvalue weighted by molar-refractivity contribution is 5.73. The lowest BCUT2D eigenvalue weighted by molar-refractivity contribution is -0.129. The average Bonchev–Trinajstić information content (AvgIpc) is 2.71. The van der Waals surface area contributed by atoms with Crippen molar-refractivity contribution in [2.75, 3.05) is 26.3 Å². The van der Waals surface area contributed by atoms with Crippen molar-refractivity contribution in [3.05, 3.63) is 0 Å². The Balaban J connectivity index is 1.71. The zero-order valence-corrected chi connectivity index (χ0v) is 9.37. The van der Waals surface area contributed by atoms with Crippen LogP contribution in [0.25, 0.3) is 0 Å². The highest BCUT2D eigenvalue weighted by Crippen LogP contribution is 2.13. The van der Waals surface area contributed by atoms with Crippen LogP contribution in [0.5, 0.6) is 0 Å². The fourth-order valence-corrected chi connectivity index (χ4v) is 2.36. The zero-order valence-electron chi connectivity index (χ0n) is 9.37. The first kappa shape index (κ1) is 10.9. The third kappa shape index (κ3) is 2.92. The molecule has 4 heteroatoms. The molecular formula is C11H20N2O2. The van der Waals surface area contributed by atoms with Crippen molar-refractivity contribution in [3.63, 3.8) is 0 Å². The van der Waals surface area contributed by atoms with Crippen molar-refractivity contribution >= 4 is 5.91 Å². The van der Waals surface area contributed by atoms with Crippen LogP contribution >= 0.6 is 0 Å². The largest absolute Gasteiger partial charge is 0.380 e. The van der Waals surface area contributed by atoms with Gasteiger partial charge in [-0.3, -0.25) is 4.79 Å². The maximum atomic E-state index is 11.1. The van der Waals surface area contributed by atoms with E-state index in [0.717, 1.165) is 45.6 Å². The van der Waals surface area contributed by atoms with E-state index in [2.05, 4.69) is 5.32 Å². The number of carbonyl (C=O) groups excluding carboxylic acids is 1. The SMILES string of the molecule is CC(=O)N1CCC(NC2CCOC2)CC1. The molecule has 0 aromatic carbocycles. The molecule has 0 aromatic heterocycles. The summed E-state index contributed by atoms with van der Waals surface area (Å²) in [4.78, 5) is 13.1. The molecule has 2 aliphatic heterocycles. The van der Waals surface area contributed by atoms with Crippen LogP contribution in [0, 0.1) is 0 Å². The highest BCUT2D eigenvalue weighted by atomic mass is 16.5. The summed E-state index contributed by atoms with van der Waals surface area (Å²) < 4.78 is 5.33. The molecule has 15 heavy (non-hydrogen) atoms. The van der Waals surface area contributed by atoms with E-state index in [1.165, 1.54) is 0 Å². The molecule has 0 spiro atoms. The second-order valence-electron chi connectivity index (χ2n) is 4.51. The maximum Gasteiger partial charge on any atom is 0.219 e. The molecule has 2 fully saturated rings. The van der Waals surface area contributed by atoms with E-state index in [1.807, 2.05) is 4.90 Å². The van der Waals surface area contributed by atoms with Crippen molar-refractivity contribution < 1.29 is 9.53 Å². The van der Waals surface area contributed by atoms with Crippen molar-refractivity contribution in [3.8, 4) is 0 Å². The normalized spacial score (nSPS) is 28.3. The molecule has 1 unspecified atom stereocenters. The van der Waals surface area contributed by atoms with Crippen LogP contribution in [0.3, 0.4) is 0 Å². The number of piperidine rings is 1. The fraction of sp³-hybridized carbons (Fsp3) is 0.909. The molecule has 0 saturated carbocycles. The molecule has 1 N–H and O–H groups in total. The van der Waals surface area contributed by atoms with Gasteiger partial charge in [-0.05, 0) is 19.3 Å². The summed E-state index contributed by atoms with van der Waals surface area (Å²) in [6.45, 7) is 5.20. The fourth-order valence-electron chi connectivity index (χ4n) is 2.36. The first-order valence-electron chi connectivity index (χ1n) is 5.85. The van der Waals surface area contributed by atoms with Crippen molar-refractivity contribution in [1.82, 2.24) is 10.2 Å². The Morgan fingerprint density at radius 1 is 1.27 bits per heavy atom. The molecule has 86 valence electrons. The summed E-state index contributed by atoms with van der Waals surface area (Å²) in [5.41, 5.74) is 0. The van der Waals surface area contributed by atoms with Gasteiger partial charge in [-0.2, -0.15) is 0 Å². The molecule has 2 rings (SSSR count). The number of likely N-dealkylation sites (tertiary alicyclic amines) is 1. The van der Waals surface area contributed by atoms with E-state index in [9.17, 15) is 4.79 Å².